The molecule has 3 rings (SSSR count). The van der Waals surface area contributed by atoms with Crippen LogP contribution in [0, 0.1) is 5.92 Å². The number of hydrogen-bond acceptors (Lipinski definition) is 2. The summed E-state index contributed by atoms with van der Waals surface area (Å²) in [6.45, 7) is 0.740. The minimum absolute atomic E-state index is 0.424. The third-order valence-electron chi connectivity index (χ3n) is 3.59. The Hall–Kier alpha value is -1.02. The zero-order valence-corrected chi connectivity index (χ0v) is 8.86. The molecular weight excluding hydrogens is 186 g/mol. The molecule has 2 atom stereocenters. The van der Waals surface area contributed by atoms with Crippen LogP contribution in [-0.2, 0) is 0 Å². The number of rotatable bonds is 2. The summed E-state index contributed by atoms with van der Waals surface area (Å²) in [5.41, 5.74) is 7.15. The van der Waals surface area contributed by atoms with Gasteiger partial charge in [0.2, 0.25) is 0 Å². The van der Waals surface area contributed by atoms with E-state index in [-0.39, 0.29) is 0 Å². The van der Waals surface area contributed by atoms with Crippen LogP contribution in [0.3, 0.4) is 0 Å². The van der Waals surface area contributed by atoms with Gasteiger partial charge in [-0.3, -0.25) is 0 Å². The van der Waals surface area contributed by atoms with E-state index < -0.39 is 0 Å². The van der Waals surface area contributed by atoms with Crippen LogP contribution in [0.1, 0.15) is 30.7 Å². The van der Waals surface area contributed by atoms with Gasteiger partial charge in [-0.05, 0) is 43.4 Å². The Morgan fingerprint density at radius 2 is 2.07 bits per heavy atom. The number of benzene rings is 1. The summed E-state index contributed by atoms with van der Waals surface area (Å²) >= 11 is 0. The summed E-state index contributed by atoms with van der Waals surface area (Å²) in [5, 5.41) is 0. The van der Waals surface area contributed by atoms with Crippen LogP contribution >= 0.6 is 0 Å². The lowest BCUT2D eigenvalue weighted by Crippen LogP contribution is -2.30. The zero-order valence-electron chi connectivity index (χ0n) is 8.86. The molecule has 1 aliphatic heterocycles. The monoisotopic (exact) mass is 203 g/mol. The highest BCUT2D eigenvalue weighted by Gasteiger charge is 2.37. The van der Waals surface area contributed by atoms with Gasteiger partial charge in [0.1, 0.15) is 11.9 Å². The van der Waals surface area contributed by atoms with Gasteiger partial charge in [0.15, 0.2) is 0 Å². The molecule has 15 heavy (non-hydrogen) atoms. The van der Waals surface area contributed by atoms with Crippen LogP contribution in [-0.4, -0.2) is 12.6 Å². The largest absolute Gasteiger partial charge is 0.490 e. The molecule has 0 spiro atoms. The number of fused-ring (bicyclic) bond motifs is 1. The highest BCUT2D eigenvalue weighted by Crippen LogP contribution is 2.44. The Bertz CT molecular complexity index is 359. The second-order valence-electron chi connectivity index (χ2n) is 4.70. The second kappa shape index (κ2) is 3.53. The maximum atomic E-state index is 6.03. The zero-order chi connectivity index (χ0) is 10.3. The Morgan fingerprint density at radius 1 is 1.27 bits per heavy atom. The molecule has 0 radical (unpaired) electrons. The molecule has 2 nitrogen and oxygen atoms in total. The third-order valence-corrected chi connectivity index (χ3v) is 3.59. The van der Waals surface area contributed by atoms with Gasteiger partial charge in [-0.25, -0.2) is 0 Å². The smallest absolute Gasteiger partial charge is 0.123 e. The molecule has 2 unspecified atom stereocenters. The number of nitrogens with two attached hydrogens (primary N) is 1. The minimum Gasteiger partial charge on any atom is -0.490 e. The molecule has 2 N–H and O–H groups in total. The topological polar surface area (TPSA) is 35.2 Å². The lowest BCUT2D eigenvalue weighted by molar-refractivity contribution is 0.138. The van der Waals surface area contributed by atoms with E-state index in [2.05, 4.69) is 18.2 Å². The normalized spacial score (nSPS) is 29.4. The Labute approximate surface area is 90.4 Å². The highest BCUT2D eigenvalue weighted by atomic mass is 16.5. The van der Waals surface area contributed by atoms with E-state index in [1.165, 1.54) is 18.4 Å². The fourth-order valence-corrected chi connectivity index (χ4v) is 2.52. The van der Waals surface area contributed by atoms with E-state index in [1.807, 2.05) is 6.07 Å². The van der Waals surface area contributed by atoms with E-state index in [0.717, 1.165) is 24.6 Å². The number of hydrogen-bond donors (Lipinski definition) is 1. The van der Waals surface area contributed by atoms with E-state index in [9.17, 15) is 0 Å². The molecule has 1 fully saturated rings. The Morgan fingerprint density at radius 3 is 2.80 bits per heavy atom. The highest BCUT2D eigenvalue weighted by molar-refractivity contribution is 5.38. The average molecular weight is 203 g/mol. The molecular formula is C13H17NO. The van der Waals surface area contributed by atoms with Crippen molar-refractivity contribution in [3.8, 4) is 5.75 Å². The van der Waals surface area contributed by atoms with Crippen molar-refractivity contribution < 1.29 is 4.74 Å². The first-order valence-electron chi connectivity index (χ1n) is 5.84. The second-order valence-corrected chi connectivity index (χ2v) is 4.70. The van der Waals surface area contributed by atoms with Crippen molar-refractivity contribution in [1.29, 1.82) is 0 Å². The van der Waals surface area contributed by atoms with E-state index in [0.29, 0.717) is 12.0 Å². The van der Waals surface area contributed by atoms with Crippen LogP contribution in [0.2, 0.25) is 0 Å². The molecule has 1 heterocycles. The van der Waals surface area contributed by atoms with E-state index >= 15 is 0 Å². The van der Waals surface area contributed by atoms with Crippen LogP contribution in [0.4, 0.5) is 0 Å². The van der Waals surface area contributed by atoms with Crippen molar-refractivity contribution in [1.82, 2.24) is 0 Å². The predicted molar refractivity (Wildman–Crippen MR) is 60.0 cm³/mol. The summed E-state index contributed by atoms with van der Waals surface area (Å²) in [6.07, 6.45) is 4.21. The van der Waals surface area contributed by atoms with E-state index in [4.69, 9.17) is 10.5 Å². The van der Waals surface area contributed by atoms with Gasteiger partial charge < -0.3 is 10.5 Å². The summed E-state index contributed by atoms with van der Waals surface area (Å²) in [7, 11) is 0. The van der Waals surface area contributed by atoms with Crippen molar-refractivity contribution in [3.05, 3.63) is 29.8 Å². The first kappa shape index (κ1) is 9.22. The third kappa shape index (κ3) is 1.63. The summed E-state index contributed by atoms with van der Waals surface area (Å²) < 4.78 is 6.03. The molecule has 1 aromatic carbocycles. The molecule has 2 aliphatic rings. The lowest BCUT2D eigenvalue weighted by Gasteiger charge is -2.31. The molecule has 1 saturated carbocycles. The van der Waals surface area contributed by atoms with Gasteiger partial charge in [0.05, 0.1) is 0 Å². The summed E-state index contributed by atoms with van der Waals surface area (Å²) in [6, 6.07) is 8.34. The molecule has 1 aliphatic carbocycles. The first-order chi connectivity index (χ1) is 7.38. The quantitative estimate of drug-likeness (QED) is 0.800. The Kier molecular flexibility index (Phi) is 2.17. The molecule has 0 saturated heterocycles. The summed E-state index contributed by atoms with van der Waals surface area (Å²) in [4.78, 5) is 0. The van der Waals surface area contributed by atoms with Gasteiger partial charge in [0.25, 0.3) is 0 Å². The summed E-state index contributed by atoms with van der Waals surface area (Å²) in [5.74, 6) is 2.36. The SMILES string of the molecule is NCC1CC(C2CC2)Oc2ccccc21. The van der Waals surface area contributed by atoms with Crippen molar-refractivity contribution in [2.75, 3.05) is 6.54 Å². The van der Waals surface area contributed by atoms with Crippen LogP contribution in [0.15, 0.2) is 24.3 Å². The van der Waals surface area contributed by atoms with E-state index in [1.54, 1.807) is 0 Å². The van der Waals surface area contributed by atoms with Crippen molar-refractivity contribution in [3.63, 3.8) is 0 Å². The molecule has 0 bridgehead atoms. The van der Waals surface area contributed by atoms with Gasteiger partial charge in [-0.15, -0.1) is 0 Å². The number of para-hydroxylation sites is 1. The van der Waals surface area contributed by atoms with Crippen LogP contribution in [0.5, 0.6) is 5.75 Å². The molecule has 1 aromatic rings. The van der Waals surface area contributed by atoms with Gasteiger partial charge >= 0.3 is 0 Å². The average Bonchev–Trinajstić information content (AvgIpc) is 3.11. The van der Waals surface area contributed by atoms with Gasteiger partial charge in [-0.2, -0.15) is 0 Å². The molecule has 0 amide bonds. The fourth-order valence-electron chi connectivity index (χ4n) is 2.52. The molecule has 2 heteroatoms. The van der Waals surface area contributed by atoms with Crippen molar-refractivity contribution in [2.24, 2.45) is 11.7 Å². The molecule has 0 aromatic heterocycles. The van der Waals surface area contributed by atoms with Crippen LogP contribution in [0.25, 0.3) is 0 Å². The van der Waals surface area contributed by atoms with Crippen molar-refractivity contribution in [2.45, 2.75) is 31.3 Å². The van der Waals surface area contributed by atoms with Crippen molar-refractivity contribution >= 4 is 0 Å². The number of ether oxygens (including phenoxy) is 1. The van der Waals surface area contributed by atoms with Crippen LogP contribution < -0.4 is 10.5 Å². The molecule has 80 valence electrons. The first-order valence-corrected chi connectivity index (χ1v) is 5.84. The predicted octanol–water partition coefficient (Wildman–Crippen LogP) is 2.29. The maximum Gasteiger partial charge on any atom is 0.123 e. The fraction of sp³-hybridized carbons (Fsp3) is 0.538. The Balaban J connectivity index is 1.91. The minimum atomic E-state index is 0.424. The standard InChI is InChI=1S/C13H17NO/c14-8-10-7-13(9-5-6-9)15-12-4-2-1-3-11(10)12/h1-4,9-10,13H,5-8,14H2. The van der Waals surface area contributed by atoms with Gasteiger partial charge in [-0.1, -0.05) is 18.2 Å². The van der Waals surface area contributed by atoms with Gasteiger partial charge in [0, 0.05) is 5.92 Å². The maximum absolute atomic E-state index is 6.03. The lowest BCUT2D eigenvalue weighted by atomic mass is 9.88.